The van der Waals surface area contributed by atoms with Crippen molar-refractivity contribution in [2.24, 2.45) is 0 Å². The average Bonchev–Trinajstić information content (AvgIpc) is 3.51. The molecule has 6 heteroatoms. The van der Waals surface area contributed by atoms with E-state index in [1.165, 1.54) is 437 Å². The lowest BCUT2D eigenvalue weighted by molar-refractivity contribution is -0.143. The Hall–Kier alpha value is -1.66. The quantitative estimate of drug-likeness (QED) is 0.0320. The van der Waals surface area contributed by atoms with Crippen molar-refractivity contribution in [3.05, 3.63) is 24.3 Å². The van der Waals surface area contributed by atoms with Crippen LogP contribution in [0.4, 0.5) is 0 Å². The van der Waals surface area contributed by atoms with Crippen molar-refractivity contribution in [1.82, 2.24) is 5.32 Å². The molecule has 95 heavy (non-hydrogen) atoms. The molecule has 3 N–H and O–H groups in total. The number of hydrogen-bond acceptors (Lipinski definition) is 5. The van der Waals surface area contributed by atoms with Crippen molar-refractivity contribution in [2.75, 3.05) is 13.2 Å². The van der Waals surface area contributed by atoms with Crippen molar-refractivity contribution in [2.45, 2.75) is 520 Å². The highest BCUT2D eigenvalue weighted by Crippen LogP contribution is 2.21. The minimum absolute atomic E-state index is 0.0203. The summed E-state index contributed by atoms with van der Waals surface area (Å²) in [6.07, 6.45) is 110. The zero-order chi connectivity index (χ0) is 68.4. The number of rotatable bonds is 84. The van der Waals surface area contributed by atoms with Gasteiger partial charge >= 0.3 is 5.97 Å². The monoisotopic (exact) mass is 1340 g/mol. The van der Waals surface area contributed by atoms with Gasteiger partial charge in [-0.1, -0.05) is 443 Å². The van der Waals surface area contributed by atoms with E-state index in [4.69, 9.17) is 4.74 Å². The Morgan fingerprint density at radius 1 is 0.284 bits per heavy atom. The highest BCUT2D eigenvalue weighted by atomic mass is 16.5. The summed E-state index contributed by atoms with van der Waals surface area (Å²) in [4.78, 5) is 24.7. The molecular weight excluding hydrogens is 1160 g/mol. The van der Waals surface area contributed by atoms with Gasteiger partial charge in [0.1, 0.15) is 0 Å². The lowest BCUT2D eigenvalue weighted by Gasteiger charge is -2.22. The second-order valence-corrected chi connectivity index (χ2v) is 30.6. The minimum Gasteiger partial charge on any atom is -0.466 e. The molecule has 0 aromatic heterocycles. The molecular formula is C89H173NO5. The summed E-state index contributed by atoms with van der Waals surface area (Å²) in [6, 6.07) is -0.539. The second-order valence-electron chi connectivity index (χ2n) is 30.6. The standard InChI is InChI=1S/C89H173NO5/c1-3-5-7-9-11-13-15-17-19-21-22-23-43-46-50-53-57-61-65-69-73-77-81-87(92)86(85-91)90-88(93)82-78-74-70-66-62-58-54-51-47-44-41-39-37-35-33-31-29-27-25-24-26-28-30-32-34-36-38-40-42-45-48-52-56-60-64-68-72-76-80-84-95-89(94)83-79-75-71-67-63-59-55-49-20-18-16-14-12-10-8-6-4-2/h18,20,24-25,86-87,91-92H,3-17,19,21-23,26-85H2,1-2H3,(H,90,93)/b20-18-,25-24-. The molecule has 0 rings (SSSR count). The maximum absolute atomic E-state index is 12.6. The van der Waals surface area contributed by atoms with Crippen LogP contribution in [0.1, 0.15) is 508 Å². The fourth-order valence-corrected chi connectivity index (χ4v) is 14.3. The van der Waals surface area contributed by atoms with E-state index < -0.39 is 12.1 Å². The Morgan fingerprint density at radius 2 is 0.495 bits per heavy atom. The van der Waals surface area contributed by atoms with Gasteiger partial charge in [-0.05, 0) is 77.0 Å². The zero-order valence-electron chi connectivity index (χ0n) is 64.9. The molecule has 6 nitrogen and oxygen atoms in total. The molecule has 0 aliphatic rings. The van der Waals surface area contributed by atoms with Crippen LogP contribution in [-0.4, -0.2) is 47.4 Å². The van der Waals surface area contributed by atoms with Gasteiger partial charge in [0, 0.05) is 12.8 Å². The molecule has 0 spiro atoms. The second kappa shape index (κ2) is 84.8. The van der Waals surface area contributed by atoms with Crippen LogP contribution in [0.3, 0.4) is 0 Å². The summed E-state index contributed by atoms with van der Waals surface area (Å²) >= 11 is 0. The summed E-state index contributed by atoms with van der Waals surface area (Å²) in [5, 5.41) is 23.5. The average molecular weight is 1340 g/mol. The van der Waals surface area contributed by atoms with Crippen LogP contribution in [0.5, 0.6) is 0 Å². The SMILES string of the molecule is CCCCCCCC/C=C\CCCCCCCCCC(=O)OCCCCCCCCCCCCCCCCCCCC/C=C\CCCCCCCCCCCCCCCCCCCC(=O)NC(CO)C(O)CCCCCCCCCCCCCCCCCCCCCCCC. The highest BCUT2D eigenvalue weighted by molar-refractivity contribution is 5.76. The summed E-state index contributed by atoms with van der Waals surface area (Å²) in [5.41, 5.74) is 0. The van der Waals surface area contributed by atoms with Gasteiger partial charge < -0.3 is 20.3 Å². The number of aliphatic hydroxyl groups is 2. The van der Waals surface area contributed by atoms with Gasteiger partial charge in [-0.3, -0.25) is 9.59 Å². The van der Waals surface area contributed by atoms with Crippen LogP contribution in [0.25, 0.3) is 0 Å². The number of allylic oxidation sites excluding steroid dienone is 4. The summed E-state index contributed by atoms with van der Waals surface area (Å²) < 4.78 is 5.51. The van der Waals surface area contributed by atoms with E-state index in [1.807, 2.05) is 0 Å². The molecule has 2 atom stereocenters. The topological polar surface area (TPSA) is 95.9 Å². The van der Waals surface area contributed by atoms with Crippen molar-refractivity contribution < 1.29 is 24.5 Å². The van der Waals surface area contributed by atoms with Crippen LogP contribution in [0.15, 0.2) is 24.3 Å². The number of hydrogen-bond donors (Lipinski definition) is 3. The first kappa shape index (κ1) is 93.3. The van der Waals surface area contributed by atoms with Crippen molar-refractivity contribution >= 4 is 11.9 Å². The maximum Gasteiger partial charge on any atom is 0.305 e. The van der Waals surface area contributed by atoms with Gasteiger partial charge in [-0.2, -0.15) is 0 Å². The molecule has 0 aliphatic heterocycles. The van der Waals surface area contributed by atoms with Crippen molar-refractivity contribution in [1.29, 1.82) is 0 Å². The van der Waals surface area contributed by atoms with Gasteiger partial charge in [0.2, 0.25) is 5.91 Å². The Kier molecular flexibility index (Phi) is 83.3. The predicted octanol–water partition coefficient (Wildman–Crippen LogP) is 29.6. The Balaban J connectivity index is 3.32. The van der Waals surface area contributed by atoms with E-state index in [9.17, 15) is 19.8 Å². The van der Waals surface area contributed by atoms with Crippen LogP contribution >= 0.6 is 0 Å². The van der Waals surface area contributed by atoms with Gasteiger partial charge in [0.05, 0.1) is 25.4 Å². The van der Waals surface area contributed by atoms with Crippen LogP contribution in [0, 0.1) is 0 Å². The Labute approximate surface area is 596 Å². The molecule has 0 saturated heterocycles. The number of nitrogens with one attached hydrogen (secondary N) is 1. The normalized spacial score (nSPS) is 12.5. The van der Waals surface area contributed by atoms with E-state index in [1.54, 1.807) is 0 Å². The third kappa shape index (κ3) is 81.2. The number of carbonyl (C=O) groups excluding carboxylic acids is 2. The molecule has 0 bridgehead atoms. The number of carbonyl (C=O) groups is 2. The summed E-state index contributed by atoms with van der Waals surface area (Å²) in [6.45, 7) is 5.01. The smallest absolute Gasteiger partial charge is 0.305 e. The third-order valence-corrected chi connectivity index (χ3v) is 21.0. The Bertz CT molecular complexity index is 1500. The lowest BCUT2D eigenvalue weighted by Crippen LogP contribution is -2.45. The van der Waals surface area contributed by atoms with Gasteiger partial charge in [-0.25, -0.2) is 0 Å². The molecule has 0 radical (unpaired) electrons. The number of esters is 1. The van der Waals surface area contributed by atoms with Crippen LogP contribution in [0.2, 0.25) is 0 Å². The van der Waals surface area contributed by atoms with Crippen molar-refractivity contribution in [3.8, 4) is 0 Å². The zero-order valence-corrected chi connectivity index (χ0v) is 64.9. The van der Waals surface area contributed by atoms with E-state index in [0.717, 1.165) is 38.5 Å². The third-order valence-electron chi connectivity index (χ3n) is 21.0. The van der Waals surface area contributed by atoms with E-state index >= 15 is 0 Å². The first-order chi connectivity index (χ1) is 47.0. The Morgan fingerprint density at radius 3 is 0.747 bits per heavy atom. The van der Waals surface area contributed by atoms with Crippen molar-refractivity contribution in [3.63, 3.8) is 0 Å². The van der Waals surface area contributed by atoms with Gasteiger partial charge in [-0.15, -0.1) is 0 Å². The fourth-order valence-electron chi connectivity index (χ4n) is 14.3. The van der Waals surface area contributed by atoms with Gasteiger partial charge in [0.25, 0.3) is 0 Å². The number of ether oxygens (including phenoxy) is 1. The first-order valence-corrected chi connectivity index (χ1v) is 44.1. The number of amides is 1. The molecule has 1 amide bonds. The maximum atomic E-state index is 12.6. The molecule has 0 saturated carbocycles. The minimum atomic E-state index is -0.662. The number of aliphatic hydroxyl groups excluding tert-OH is 2. The fraction of sp³-hybridized carbons (Fsp3) is 0.933. The van der Waals surface area contributed by atoms with Crippen LogP contribution < -0.4 is 5.32 Å². The molecule has 564 valence electrons. The summed E-state index contributed by atoms with van der Waals surface area (Å²) in [5.74, 6) is -0.00420. The van der Waals surface area contributed by atoms with Gasteiger partial charge in [0.15, 0.2) is 0 Å². The van der Waals surface area contributed by atoms with E-state index in [-0.39, 0.29) is 18.5 Å². The molecule has 0 aliphatic carbocycles. The molecule has 0 fully saturated rings. The molecule has 0 heterocycles. The first-order valence-electron chi connectivity index (χ1n) is 44.1. The number of unbranched alkanes of at least 4 members (excludes halogenated alkanes) is 69. The molecule has 0 aromatic rings. The largest absolute Gasteiger partial charge is 0.466 e. The van der Waals surface area contributed by atoms with E-state index in [0.29, 0.717) is 25.9 Å². The summed E-state index contributed by atoms with van der Waals surface area (Å²) in [7, 11) is 0. The highest BCUT2D eigenvalue weighted by Gasteiger charge is 2.20. The lowest BCUT2D eigenvalue weighted by atomic mass is 10.0. The van der Waals surface area contributed by atoms with E-state index in [2.05, 4.69) is 43.5 Å². The van der Waals surface area contributed by atoms with Crippen LogP contribution in [-0.2, 0) is 14.3 Å². The molecule has 0 aromatic carbocycles. The molecule has 2 unspecified atom stereocenters. The predicted molar refractivity (Wildman–Crippen MR) is 421 cm³/mol.